The van der Waals surface area contributed by atoms with E-state index in [0.29, 0.717) is 6.07 Å². The number of nitrogens with two attached hydrogens (primary N) is 1. The molecule has 0 unspecified atom stereocenters. The van der Waals surface area contributed by atoms with Crippen molar-refractivity contribution in [1.82, 2.24) is 4.98 Å². The summed E-state index contributed by atoms with van der Waals surface area (Å²) in [4.78, 5) is 12.9. The molecule has 0 radical (unpaired) electrons. The number of hydrogen-bond acceptors (Lipinski definition) is 11. The maximum atomic E-state index is 12.8. The van der Waals surface area contributed by atoms with Crippen LogP contribution in [0.2, 0.25) is 0 Å². The topological polar surface area (TPSA) is 228 Å². The Morgan fingerprint density at radius 3 is 2.29 bits per heavy atom. The molecule has 17 heteroatoms. The number of aromatic nitrogens is 1. The molecule has 5 N–H and O–H groups in total. The Kier molecular flexibility index (Phi) is 8.83. The van der Waals surface area contributed by atoms with E-state index < -0.39 is 40.5 Å². The molecule has 34 heavy (non-hydrogen) atoms. The fraction of sp³-hybridized carbons (Fsp3) is 0. The SMILES string of the molecule is Nc1nc(/N=N/c2ccc([N+](=O)[O-])cc2NS(=O)(=O)c2cccc(S(=O)(=O)O)c2)ccc1O.[KH]. The standard InChI is InChI=1S/C17H14N6O8S2.K.H/c18-17-15(24)6-7-16(19-17)21-20-13-5-4-10(23(25)26)8-14(13)22-32(27,28)11-2-1-3-12(9-11)33(29,30)31;;/h1-9,22,24H,(H2,18,19)(H,29,30,31);;/b21-20+;;. The number of azo groups is 1. The number of aromatic hydroxyl groups is 1. The summed E-state index contributed by atoms with van der Waals surface area (Å²) < 4.78 is 59.4. The number of hydrogen-bond donors (Lipinski definition) is 4. The Labute approximate surface area is 235 Å². The molecule has 0 saturated carbocycles. The van der Waals surface area contributed by atoms with Crippen molar-refractivity contribution in [2.24, 2.45) is 10.2 Å². The van der Waals surface area contributed by atoms with E-state index in [4.69, 9.17) is 10.3 Å². The molecule has 0 fully saturated rings. The van der Waals surface area contributed by atoms with E-state index in [2.05, 4.69) is 19.9 Å². The monoisotopic (exact) mass is 534 g/mol. The molecule has 174 valence electrons. The second-order valence-electron chi connectivity index (χ2n) is 6.29. The van der Waals surface area contributed by atoms with Crippen LogP contribution in [0.15, 0.2) is 74.6 Å². The van der Waals surface area contributed by atoms with E-state index in [1.807, 2.05) is 0 Å². The predicted molar refractivity (Wildman–Crippen MR) is 122 cm³/mol. The molecule has 0 saturated heterocycles. The van der Waals surface area contributed by atoms with Gasteiger partial charge in [0.2, 0.25) is 0 Å². The first-order chi connectivity index (χ1) is 15.4. The number of nitrogens with zero attached hydrogens (tertiary/aromatic N) is 4. The minimum absolute atomic E-state index is 0. The number of nitro groups is 1. The number of sulfonamides is 1. The molecule has 0 bridgehead atoms. The third-order valence-electron chi connectivity index (χ3n) is 4.00. The van der Waals surface area contributed by atoms with Crippen LogP contribution in [-0.4, -0.2) is 87.8 Å². The van der Waals surface area contributed by atoms with Crippen molar-refractivity contribution in [1.29, 1.82) is 0 Å². The predicted octanol–water partition coefficient (Wildman–Crippen LogP) is 2.09. The summed E-state index contributed by atoms with van der Waals surface area (Å²) in [5.74, 6) is -0.557. The number of rotatable bonds is 7. The van der Waals surface area contributed by atoms with Gasteiger partial charge in [-0.2, -0.15) is 8.42 Å². The molecule has 1 heterocycles. The molecule has 0 spiro atoms. The molecule has 0 amide bonds. The van der Waals surface area contributed by atoms with Crippen LogP contribution in [0.1, 0.15) is 0 Å². The normalized spacial score (nSPS) is 11.7. The number of anilines is 2. The maximum absolute atomic E-state index is 12.8. The van der Waals surface area contributed by atoms with Crippen LogP contribution in [0.4, 0.5) is 28.7 Å². The summed E-state index contributed by atoms with van der Waals surface area (Å²) in [6.07, 6.45) is 0. The van der Waals surface area contributed by atoms with Crippen molar-refractivity contribution in [3.63, 3.8) is 0 Å². The van der Waals surface area contributed by atoms with E-state index in [-0.39, 0.29) is 80.1 Å². The quantitative estimate of drug-likeness (QED) is 0.113. The first-order valence-corrected chi connectivity index (χ1v) is 11.6. The molecule has 3 rings (SSSR count). The number of benzene rings is 2. The van der Waals surface area contributed by atoms with E-state index in [1.165, 1.54) is 12.1 Å². The second-order valence-corrected chi connectivity index (χ2v) is 9.39. The van der Waals surface area contributed by atoms with E-state index >= 15 is 0 Å². The van der Waals surface area contributed by atoms with Crippen LogP contribution >= 0.6 is 0 Å². The van der Waals surface area contributed by atoms with Gasteiger partial charge in [-0.1, -0.05) is 6.07 Å². The summed E-state index contributed by atoms with van der Waals surface area (Å²) in [6.45, 7) is 0. The summed E-state index contributed by atoms with van der Waals surface area (Å²) >= 11 is 0. The number of nitrogens with one attached hydrogen (secondary N) is 1. The van der Waals surface area contributed by atoms with Crippen LogP contribution in [0.25, 0.3) is 0 Å². The first kappa shape index (κ1) is 27.7. The fourth-order valence-corrected chi connectivity index (χ4v) is 4.14. The van der Waals surface area contributed by atoms with Crippen LogP contribution in [0, 0.1) is 10.1 Å². The van der Waals surface area contributed by atoms with Crippen LogP contribution in [0.3, 0.4) is 0 Å². The zero-order valence-electron chi connectivity index (χ0n) is 16.2. The van der Waals surface area contributed by atoms with Crippen LogP contribution < -0.4 is 10.5 Å². The Balaban J connectivity index is 0.00000408. The summed E-state index contributed by atoms with van der Waals surface area (Å²) in [6, 6.07) is 9.38. The van der Waals surface area contributed by atoms with E-state index in [1.54, 1.807) is 0 Å². The van der Waals surface area contributed by atoms with E-state index in [0.717, 1.165) is 36.4 Å². The number of non-ortho nitro benzene ring substituents is 1. The van der Waals surface area contributed by atoms with Gasteiger partial charge >= 0.3 is 51.4 Å². The number of nitrogen functional groups attached to an aromatic ring is 1. The Hall–Kier alpha value is -2.51. The van der Waals surface area contributed by atoms with Crippen molar-refractivity contribution in [2.45, 2.75) is 9.79 Å². The van der Waals surface area contributed by atoms with Gasteiger partial charge in [-0.25, -0.2) is 13.4 Å². The van der Waals surface area contributed by atoms with Crippen molar-refractivity contribution in [2.75, 3.05) is 10.5 Å². The van der Waals surface area contributed by atoms with Gasteiger partial charge < -0.3 is 10.8 Å². The number of nitro benzene ring substituents is 1. The minimum atomic E-state index is -4.68. The second kappa shape index (κ2) is 10.8. The molecule has 14 nitrogen and oxygen atoms in total. The Bertz CT molecular complexity index is 1500. The van der Waals surface area contributed by atoms with Crippen LogP contribution in [-0.2, 0) is 20.1 Å². The Morgan fingerprint density at radius 2 is 1.68 bits per heavy atom. The zero-order valence-corrected chi connectivity index (χ0v) is 17.9. The molecular weight excluding hydrogens is 519 g/mol. The van der Waals surface area contributed by atoms with Gasteiger partial charge in [-0.05, 0) is 36.4 Å². The summed E-state index contributed by atoms with van der Waals surface area (Å²) in [5, 5.41) is 28.1. The molecule has 0 aliphatic rings. The Morgan fingerprint density at radius 1 is 1.00 bits per heavy atom. The zero-order chi connectivity index (χ0) is 24.4. The molecule has 0 atom stereocenters. The van der Waals surface area contributed by atoms with Gasteiger partial charge in [0.1, 0.15) is 5.69 Å². The molecule has 2 aromatic carbocycles. The molecule has 0 aliphatic heterocycles. The van der Waals surface area contributed by atoms with Gasteiger partial charge in [0.25, 0.3) is 25.8 Å². The van der Waals surface area contributed by atoms with Crippen molar-refractivity contribution < 1.29 is 31.4 Å². The molecule has 3 aromatic rings. The van der Waals surface area contributed by atoms with Gasteiger partial charge in [0, 0.05) is 12.1 Å². The molecule has 1 aromatic heterocycles. The van der Waals surface area contributed by atoms with Gasteiger partial charge in [-0.3, -0.25) is 19.4 Å². The van der Waals surface area contributed by atoms with Crippen molar-refractivity contribution in [3.05, 3.63) is 64.7 Å². The third-order valence-corrected chi connectivity index (χ3v) is 6.21. The fourth-order valence-electron chi connectivity index (χ4n) is 2.43. The van der Waals surface area contributed by atoms with Crippen molar-refractivity contribution in [3.8, 4) is 5.75 Å². The summed E-state index contributed by atoms with van der Waals surface area (Å²) in [5.41, 5.74) is 4.51. The van der Waals surface area contributed by atoms with Crippen LogP contribution in [0.5, 0.6) is 5.75 Å². The first-order valence-electron chi connectivity index (χ1n) is 8.63. The van der Waals surface area contributed by atoms with Gasteiger partial charge in [0.15, 0.2) is 17.4 Å². The van der Waals surface area contributed by atoms with Gasteiger partial charge in [-0.15, -0.1) is 10.2 Å². The molecular formula is C17H15KN6O8S2. The molecule has 0 aliphatic carbocycles. The summed E-state index contributed by atoms with van der Waals surface area (Å²) in [7, 11) is -9.16. The average molecular weight is 535 g/mol. The van der Waals surface area contributed by atoms with Gasteiger partial charge in [0.05, 0.1) is 20.4 Å². The third kappa shape index (κ3) is 6.76. The van der Waals surface area contributed by atoms with Crippen molar-refractivity contribution >= 4 is 100 Å². The average Bonchev–Trinajstić information content (AvgIpc) is 2.74. The number of pyridine rings is 1. The van der Waals surface area contributed by atoms with E-state index in [9.17, 15) is 32.1 Å².